The molecule has 0 heterocycles. The average molecular weight is 481 g/mol. The topological polar surface area (TPSA) is 86.6 Å². The third-order valence-electron chi connectivity index (χ3n) is 5.54. The van der Waals surface area contributed by atoms with Crippen molar-refractivity contribution in [2.24, 2.45) is 0 Å². The van der Waals surface area contributed by atoms with Crippen LogP contribution in [0, 0.1) is 6.92 Å². The number of phenols is 2. The number of ether oxygens (including phenoxy) is 5. The largest absolute Gasteiger partial charge is 0.504 e. The Bertz CT molecular complexity index is 1220. The van der Waals surface area contributed by atoms with Crippen molar-refractivity contribution in [1.29, 1.82) is 0 Å². The molecule has 0 radical (unpaired) electrons. The molecule has 0 fully saturated rings. The molecule has 7 nitrogen and oxygen atoms in total. The normalized spacial score (nSPS) is 10.5. The third kappa shape index (κ3) is 5.24. The summed E-state index contributed by atoms with van der Waals surface area (Å²) in [5.41, 5.74) is 4.11. The highest BCUT2D eigenvalue weighted by molar-refractivity contribution is 5.91. The van der Waals surface area contributed by atoms with Gasteiger partial charge in [-0.2, -0.15) is 0 Å². The van der Waals surface area contributed by atoms with Crippen LogP contribution in [0.15, 0.2) is 48.0 Å². The number of methoxy groups -OCH3 is 4. The predicted octanol–water partition coefficient (Wildman–Crippen LogP) is 6.12. The molecular weight excluding hydrogens is 448 g/mol. The van der Waals surface area contributed by atoms with Crippen molar-refractivity contribution in [3.05, 3.63) is 53.6 Å². The van der Waals surface area contributed by atoms with E-state index in [1.807, 2.05) is 39.0 Å². The monoisotopic (exact) mass is 480 g/mol. The van der Waals surface area contributed by atoms with Crippen LogP contribution in [0.2, 0.25) is 0 Å². The van der Waals surface area contributed by atoms with Gasteiger partial charge in [0.2, 0.25) is 0 Å². The van der Waals surface area contributed by atoms with Crippen molar-refractivity contribution in [3.8, 4) is 62.5 Å². The maximum Gasteiger partial charge on any atom is 0.170 e. The molecule has 0 aliphatic heterocycles. The second-order valence-corrected chi connectivity index (χ2v) is 8.20. The van der Waals surface area contributed by atoms with Gasteiger partial charge in [0.1, 0.15) is 23.9 Å². The van der Waals surface area contributed by atoms with Crippen LogP contribution in [0.4, 0.5) is 0 Å². The molecule has 3 aromatic carbocycles. The van der Waals surface area contributed by atoms with Crippen molar-refractivity contribution in [1.82, 2.24) is 0 Å². The number of phenolic OH excluding ortho intramolecular Hbond substituents is 2. The van der Waals surface area contributed by atoms with Gasteiger partial charge < -0.3 is 33.9 Å². The minimum Gasteiger partial charge on any atom is -0.504 e. The van der Waals surface area contributed by atoms with Gasteiger partial charge in [-0.15, -0.1) is 0 Å². The van der Waals surface area contributed by atoms with Crippen LogP contribution >= 0.6 is 0 Å². The lowest BCUT2D eigenvalue weighted by Crippen LogP contribution is -1.99. The molecule has 0 aromatic heterocycles. The number of rotatable bonds is 9. The summed E-state index contributed by atoms with van der Waals surface area (Å²) in [5.74, 6) is 1.84. The van der Waals surface area contributed by atoms with Crippen LogP contribution in [-0.4, -0.2) is 45.3 Å². The fraction of sp³-hybridized carbons (Fsp3) is 0.286. The molecule has 35 heavy (non-hydrogen) atoms. The molecule has 0 aliphatic carbocycles. The highest BCUT2D eigenvalue weighted by Gasteiger charge is 2.26. The SMILES string of the molecule is COc1cc(C)cc(OC)c1-c1cc(OC)c(-c2ccc(OCC=C(C)C)c(O)c2)c(O)c1OC. The first kappa shape index (κ1) is 25.6. The van der Waals surface area contributed by atoms with Crippen LogP contribution in [0.5, 0.6) is 40.2 Å². The smallest absolute Gasteiger partial charge is 0.170 e. The molecule has 0 saturated carbocycles. The first-order chi connectivity index (χ1) is 16.7. The summed E-state index contributed by atoms with van der Waals surface area (Å²) in [6, 6.07) is 10.4. The molecule has 3 rings (SSSR count). The van der Waals surface area contributed by atoms with Gasteiger partial charge in [0, 0.05) is 5.56 Å². The summed E-state index contributed by atoms with van der Waals surface area (Å²) >= 11 is 0. The molecule has 0 spiro atoms. The Hall–Kier alpha value is -4.00. The van der Waals surface area contributed by atoms with Gasteiger partial charge in [-0.25, -0.2) is 0 Å². The van der Waals surface area contributed by atoms with Crippen LogP contribution in [0.1, 0.15) is 19.4 Å². The van der Waals surface area contributed by atoms with Gasteiger partial charge in [0.05, 0.1) is 39.6 Å². The van der Waals surface area contributed by atoms with Gasteiger partial charge in [0.25, 0.3) is 0 Å². The fourth-order valence-electron chi connectivity index (χ4n) is 3.86. The van der Waals surface area contributed by atoms with E-state index in [0.29, 0.717) is 51.9 Å². The van der Waals surface area contributed by atoms with E-state index in [2.05, 4.69) is 0 Å². The van der Waals surface area contributed by atoms with E-state index in [4.69, 9.17) is 23.7 Å². The lowest BCUT2D eigenvalue weighted by atomic mass is 9.94. The molecular formula is C28H32O7. The maximum atomic E-state index is 11.3. The van der Waals surface area contributed by atoms with E-state index < -0.39 is 0 Å². The second kappa shape index (κ2) is 11.0. The van der Waals surface area contributed by atoms with Crippen LogP contribution < -0.4 is 23.7 Å². The van der Waals surface area contributed by atoms with Gasteiger partial charge in [-0.05, 0) is 68.3 Å². The van der Waals surface area contributed by atoms with Crippen LogP contribution in [-0.2, 0) is 0 Å². The van der Waals surface area contributed by atoms with Gasteiger partial charge in [0.15, 0.2) is 23.0 Å². The number of allylic oxidation sites excluding steroid dienone is 1. The van der Waals surface area contributed by atoms with Crippen molar-refractivity contribution in [2.45, 2.75) is 20.8 Å². The summed E-state index contributed by atoms with van der Waals surface area (Å²) in [5, 5.41) is 21.9. The predicted molar refractivity (Wildman–Crippen MR) is 137 cm³/mol. The Labute approximate surface area is 206 Å². The van der Waals surface area contributed by atoms with Crippen molar-refractivity contribution in [2.75, 3.05) is 35.0 Å². The molecule has 2 N–H and O–H groups in total. The standard InChI is InChI=1S/C28H32O7/c1-16(2)10-11-35-21-9-8-18(14-20(21)29)25-24(33-6)15-19(28(34-7)27(25)30)26-22(31-4)12-17(3)13-23(26)32-5/h8-10,12-15,29-30H,11H2,1-7H3. The number of hydrogen-bond donors (Lipinski definition) is 2. The number of aryl methyl sites for hydroxylation is 1. The summed E-state index contributed by atoms with van der Waals surface area (Å²) in [4.78, 5) is 0. The number of aromatic hydroxyl groups is 2. The molecule has 0 amide bonds. The number of hydrogen-bond acceptors (Lipinski definition) is 7. The zero-order chi connectivity index (χ0) is 25.7. The second-order valence-electron chi connectivity index (χ2n) is 8.20. The minimum absolute atomic E-state index is 0.0592. The van der Waals surface area contributed by atoms with E-state index in [1.54, 1.807) is 32.4 Å². The molecule has 0 unspecified atom stereocenters. The highest BCUT2D eigenvalue weighted by atomic mass is 16.5. The summed E-state index contributed by atoms with van der Waals surface area (Å²) in [6.07, 6.45) is 1.92. The quantitative estimate of drug-likeness (QED) is 0.357. The summed E-state index contributed by atoms with van der Waals surface area (Å²) < 4.78 is 28.2. The minimum atomic E-state index is -0.149. The zero-order valence-electron chi connectivity index (χ0n) is 21.2. The Morgan fingerprint density at radius 3 is 1.89 bits per heavy atom. The Kier molecular flexibility index (Phi) is 8.02. The van der Waals surface area contributed by atoms with Crippen molar-refractivity contribution < 1.29 is 33.9 Å². The Balaban J connectivity index is 2.19. The average Bonchev–Trinajstić information content (AvgIpc) is 2.83. The van der Waals surface area contributed by atoms with Crippen LogP contribution in [0.3, 0.4) is 0 Å². The van der Waals surface area contributed by atoms with Gasteiger partial charge in [-0.1, -0.05) is 11.6 Å². The maximum absolute atomic E-state index is 11.3. The summed E-state index contributed by atoms with van der Waals surface area (Å²) in [6.45, 7) is 6.22. The van der Waals surface area contributed by atoms with Crippen molar-refractivity contribution >= 4 is 0 Å². The van der Waals surface area contributed by atoms with E-state index in [9.17, 15) is 10.2 Å². The number of benzene rings is 3. The first-order valence-corrected chi connectivity index (χ1v) is 11.1. The van der Waals surface area contributed by atoms with E-state index >= 15 is 0 Å². The Morgan fingerprint density at radius 2 is 1.37 bits per heavy atom. The Morgan fingerprint density at radius 1 is 0.771 bits per heavy atom. The highest BCUT2D eigenvalue weighted by Crippen LogP contribution is 2.53. The third-order valence-corrected chi connectivity index (χ3v) is 5.54. The summed E-state index contributed by atoms with van der Waals surface area (Å²) in [7, 11) is 6.12. The van der Waals surface area contributed by atoms with Gasteiger partial charge >= 0.3 is 0 Å². The molecule has 0 bridgehead atoms. The lowest BCUT2D eigenvalue weighted by Gasteiger charge is -2.21. The van der Waals surface area contributed by atoms with Crippen molar-refractivity contribution in [3.63, 3.8) is 0 Å². The molecule has 0 saturated heterocycles. The fourth-order valence-corrected chi connectivity index (χ4v) is 3.86. The molecule has 0 atom stereocenters. The van der Waals surface area contributed by atoms with Crippen LogP contribution in [0.25, 0.3) is 22.3 Å². The van der Waals surface area contributed by atoms with E-state index in [-0.39, 0.29) is 17.2 Å². The molecule has 186 valence electrons. The molecule has 0 aliphatic rings. The molecule has 7 heteroatoms. The van der Waals surface area contributed by atoms with E-state index in [1.165, 1.54) is 20.3 Å². The van der Waals surface area contributed by atoms with Gasteiger partial charge in [-0.3, -0.25) is 0 Å². The molecule has 3 aromatic rings. The first-order valence-electron chi connectivity index (χ1n) is 11.1. The zero-order valence-corrected chi connectivity index (χ0v) is 21.2. The lowest BCUT2D eigenvalue weighted by molar-refractivity contribution is 0.335. The van der Waals surface area contributed by atoms with E-state index in [0.717, 1.165) is 11.1 Å².